The van der Waals surface area contributed by atoms with E-state index >= 15 is 0 Å². The summed E-state index contributed by atoms with van der Waals surface area (Å²) in [6.45, 7) is -0.0981. The molecule has 2 heterocycles. The molecule has 0 N–H and O–H groups in total. The van der Waals surface area contributed by atoms with Crippen LogP contribution in [0.1, 0.15) is 0 Å². The first-order chi connectivity index (χ1) is 18.4. The summed E-state index contributed by atoms with van der Waals surface area (Å²) in [4.78, 5) is 28.4. The minimum atomic E-state index is -0.946. The summed E-state index contributed by atoms with van der Waals surface area (Å²) in [5.74, 6) is 0. The molecule has 2 aliphatic heterocycles. The van der Waals surface area contributed by atoms with Crippen LogP contribution in [-0.2, 0) is 37.9 Å². The molecule has 0 aliphatic carbocycles. The third kappa shape index (κ3) is 6.79. The Kier molecular flexibility index (Phi) is 13.8. The molecule has 38 heavy (non-hydrogen) atoms. The molecule has 2 saturated heterocycles. The third-order valence-corrected chi connectivity index (χ3v) is 5.50. The highest BCUT2D eigenvalue weighted by Gasteiger charge is 2.65. The first kappa shape index (κ1) is 32.3. The fourth-order valence-electron chi connectivity index (χ4n) is 4.37. The topological polar surface area (TPSA) is 134 Å². The molecule has 0 bridgehead atoms. The van der Waals surface area contributed by atoms with Crippen molar-refractivity contribution >= 4 is 12.1 Å². The Balaban J connectivity index is 2.78. The maximum Gasteiger partial charge on any atom is 0.353 e. The number of hydrogen-bond acceptors (Lipinski definition) is 14. The summed E-state index contributed by atoms with van der Waals surface area (Å²) in [7, 11) is 11.9. The van der Waals surface area contributed by atoms with E-state index in [-0.39, 0.29) is 53.8 Å². The van der Waals surface area contributed by atoms with Gasteiger partial charge in [-0.05, 0) is 0 Å². The van der Waals surface area contributed by atoms with Gasteiger partial charge in [0.25, 0.3) is 0 Å². The Labute approximate surface area is 223 Å². The fraction of sp³-hybridized carbons (Fsp3) is 0.900. The van der Waals surface area contributed by atoms with E-state index in [1.165, 1.54) is 96.9 Å². The smallest absolute Gasteiger partial charge is 0.353 e. The van der Waals surface area contributed by atoms with E-state index < -0.39 is 24.4 Å². The second-order valence-corrected chi connectivity index (χ2v) is 8.14. The summed E-state index contributed by atoms with van der Waals surface area (Å²) < 4.78 is 42.9. The zero-order valence-electron chi connectivity index (χ0n) is 23.5. The number of carbonyl (C=O) groups is 2. The van der Waals surface area contributed by atoms with Crippen molar-refractivity contribution in [1.82, 2.24) is 40.1 Å². The maximum absolute atomic E-state index is 14.2. The largest absolute Gasteiger partial charge is 0.368 e. The van der Waals surface area contributed by atoms with Crippen LogP contribution in [0, 0.1) is 0 Å². The van der Waals surface area contributed by atoms with Crippen LogP contribution in [0.3, 0.4) is 0 Å². The number of fused-ring (bicyclic) bond motifs is 1. The normalized spacial score (nSPS) is 20.0. The number of amides is 4. The lowest BCUT2D eigenvalue weighted by Crippen LogP contribution is -2.61. The zero-order valence-corrected chi connectivity index (χ0v) is 23.5. The van der Waals surface area contributed by atoms with Crippen LogP contribution in [0.15, 0.2) is 0 Å². The van der Waals surface area contributed by atoms with Gasteiger partial charge in [0.15, 0.2) is 12.3 Å². The van der Waals surface area contributed by atoms with Crippen LogP contribution in [-0.4, -0.2) is 175 Å². The molecule has 2 rings (SSSR count). The van der Waals surface area contributed by atoms with Crippen molar-refractivity contribution in [1.29, 1.82) is 0 Å². The summed E-state index contributed by atoms with van der Waals surface area (Å²) >= 11 is 0. The molecule has 2 aliphatic rings. The number of ether oxygens (including phenoxy) is 8. The van der Waals surface area contributed by atoms with Crippen molar-refractivity contribution in [3.05, 3.63) is 0 Å². The molecular formula is C20H42N8O10. The molecule has 0 radical (unpaired) electrons. The number of urea groups is 2. The molecule has 2 fully saturated rings. The van der Waals surface area contributed by atoms with E-state index in [1.807, 2.05) is 0 Å². The Hall–Kier alpha value is -1.94. The van der Waals surface area contributed by atoms with Crippen molar-refractivity contribution in [2.75, 3.05) is 111 Å². The van der Waals surface area contributed by atoms with Gasteiger partial charge in [-0.15, -0.1) is 0 Å². The highest BCUT2D eigenvalue weighted by Crippen LogP contribution is 2.39. The van der Waals surface area contributed by atoms with Crippen LogP contribution < -0.4 is 0 Å². The number of methoxy groups -OCH3 is 8. The van der Waals surface area contributed by atoms with E-state index in [9.17, 15) is 9.59 Å². The highest BCUT2D eigenvalue weighted by molar-refractivity contribution is 5.84. The molecule has 18 heteroatoms. The third-order valence-electron chi connectivity index (χ3n) is 5.50. The van der Waals surface area contributed by atoms with Crippen molar-refractivity contribution in [3.63, 3.8) is 0 Å². The van der Waals surface area contributed by atoms with Gasteiger partial charge in [0.1, 0.15) is 53.8 Å². The lowest BCUT2D eigenvalue weighted by Gasteiger charge is -2.41. The van der Waals surface area contributed by atoms with Crippen LogP contribution >= 0.6 is 0 Å². The molecule has 0 spiro atoms. The number of nitrogens with zero attached hydrogens (tertiary/aromatic N) is 8. The van der Waals surface area contributed by atoms with Crippen LogP contribution in [0.5, 0.6) is 0 Å². The predicted octanol–water partition coefficient (Wildman–Crippen LogP) is -1.19. The van der Waals surface area contributed by atoms with E-state index in [4.69, 9.17) is 37.9 Å². The average molecular weight is 555 g/mol. The molecule has 18 nitrogen and oxygen atoms in total. The van der Waals surface area contributed by atoms with E-state index in [2.05, 4.69) is 0 Å². The van der Waals surface area contributed by atoms with Crippen LogP contribution in [0.2, 0.25) is 0 Å². The van der Waals surface area contributed by atoms with Crippen molar-refractivity contribution in [3.8, 4) is 0 Å². The summed E-state index contributed by atoms with van der Waals surface area (Å²) in [5, 5.41) is 11.7. The minimum absolute atomic E-state index is 0.0123. The Bertz CT molecular complexity index is 593. The quantitative estimate of drug-likeness (QED) is 0.167. The Morgan fingerprint density at radius 1 is 0.421 bits per heavy atom. The lowest BCUT2D eigenvalue weighted by molar-refractivity contribution is -0.202. The summed E-state index contributed by atoms with van der Waals surface area (Å²) in [6, 6.07) is -0.981. The molecule has 0 aromatic rings. The predicted molar refractivity (Wildman–Crippen MR) is 128 cm³/mol. The molecule has 0 atom stereocenters. The monoisotopic (exact) mass is 554 g/mol. The zero-order chi connectivity index (χ0) is 28.2. The van der Waals surface area contributed by atoms with Gasteiger partial charge in [-0.2, -0.15) is 20.0 Å². The lowest BCUT2D eigenvalue weighted by atomic mass is 10.4. The van der Waals surface area contributed by atoms with Gasteiger partial charge in [-0.3, -0.25) is 0 Å². The SMILES string of the molecule is COCN(COC)N1C(=O)N(N(COC)COC)C2C1N(N(COC)COC)C(=O)N2N(COC)COC. The number of carbonyl (C=O) groups excluding carboxylic acids is 2. The molecular weight excluding hydrogens is 512 g/mol. The summed E-state index contributed by atoms with van der Waals surface area (Å²) in [5.41, 5.74) is 0. The van der Waals surface area contributed by atoms with Crippen molar-refractivity contribution in [2.24, 2.45) is 0 Å². The van der Waals surface area contributed by atoms with Crippen LogP contribution in [0.25, 0.3) is 0 Å². The summed E-state index contributed by atoms with van der Waals surface area (Å²) in [6.07, 6.45) is -1.89. The van der Waals surface area contributed by atoms with Gasteiger partial charge in [0.05, 0.1) is 0 Å². The van der Waals surface area contributed by atoms with E-state index in [0.717, 1.165) is 0 Å². The van der Waals surface area contributed by atoms with Gasteiger partial charge in [-0.25, -0.2) is 29.6 Å². The first-order valence-electron chi connectivity index (χ1n) is 11.6. The average Bonchev–Trinajstić information content (AvgIpc) is 3.32. The van der Waals surface area contributed by atoms with Gasteiger partial charge in [0.2, 0.25) is 0 Å². The highest BCUT2D eigenvalue weighted by atomic mass is 16.5. The number of rotatable bonds is 20. The molecule has 0 saturated carbocycles. The number of hydrazine groups is 4. The van der Waals surface area contributed by atoms with Gasteiger partial charge >= 0.3 is 12.1 Å². The number of hydrogen-bond donors (Lipinski definition) is 0. The van der Waals surface area contributed by atoms with Gasteiger partial charge in [0, 0.05) is 56.9 Å². The van der Waals surface area contributed by atoms with E-state index in [1.54, 1.807) is 0 Å². The molecule has 0 aromatic carbocycles. The maximum atomic E-state index is 14.2. The Morgan fingerprint density at radius 3 is 0.711 bits per heavy atom. The van der Waals surface area contributed by atoms with E-state index in [0.29, 0.717) is 0 Å². The Morgan fingerprint density at radius 2 is 0.579 bits per heavy atom. The molecule has 4 amide bonds. The van der Waals surface area contributed by atoms with Gasteiger partial charge in [-0.1, -0.05) is 0 Å². The second-order valence-electron chi connectivity index (χ2n) is 8.14. The molecule has 0 aromatic heterocycles. The minimum Gasteiger partial charge on any atom is -0.368 e. The van der Waals surface area contributed by atoms with Crippen molar-refractivity contribution in [2.45, 2.75) is 12.3 Å². The van der Waals surface area contributed by atoms with Crippen LogP contribution in [0.4, 0.5) is 9.59 Å². The molecule has 222 valence electrons. The first-order valence-corrected chi connectivity index (χ1v) is 11.6. The second kappa shape index (κ2) is 16.2. The standard InChI is InChI=1S/C20H42N8O10/c1-31-9-21(10-32-2)25-17-18(27(19(25)29)23(13-35-5)14-36-6)28(24(15-37-7)16-38-8)20(30)26(17)22(11-33-3)12-34-4/h17-18H,9-16H2,1-8H3. The molecule has 0 unspecified atom stereocenters. The van der Waals surface area contributed by atoms with Crippen molar-refractivity contribution < 1.29 is 47.5 Å². The fourth-order valence-corrected chi connectivity index (χ4v) is 4.37. The van der Waals surface area contributed by atoms with Gasteiger partial charge < -0.3 is 37.9 Å².